The van der Waals surface area contributed by atoms with Gasteiger partial charge in [-0.3, -0.25) is 4.90 Å². The number of hydrogen-bond donors (Lipinski definition) is 2. The van der Waals surface area contributed by atoms with Crippen LogP contribution in [0.5, 0.6) is 0 Å². The summed E-state index contributed by atoms with van der Waals surface area (Å²) >= 11 is 0. The Morgan fingerprint density at radius 3 is 2.20 bits per heavy atom. The lowest BCUT2D eigenvalue weighted by molar-refractivity contribution is 0.0564. The quantitative estimate of drug-likeness (QED) is 0.719. The van der Waals surface area contributed by atoms with Gasteiger partial charge in [0.2, 0.25) is 0 Å². The molecule has 1 rings (SSSR count). The molecule has 15 heavy (non-hydrogen) atoms. The first-order valence-corrected chi connectivity index (χ1v) is 6.25. The molecule has 1 fully saturated rings. The second-order valence-corrected chi connectivity index (χ2v) is 5.01. The largest absolute Gasteiger partial charge is 0.396 e. The number of aliphatic hydroxyl groups excluding tert-OH is 1. The second-order valence-electron chi connectivity index (χ2n) is 5.01. The van der Waals surface area contributed by atoms with E-state index in [-0.39, 0.29) is 12.5 Å². The average molecular weight is 214 g/mol. The van der Waals surface area contributed by atoms with Gasteiger partial charge in [-0.2, -0.15) is 0 Å². The molecule has 1 aliphatic rings. The normalized spacial score (nSPS) is 23.0. The van der Waals surface area contributed by atoms with Gasteiger partial charge in [0.05, 0.1) is 0 Å². The monoisotopic (exact) mass is 214 g/mol. The van der Waals surface area contributed by atoms with Crippen LogP contribution in [0.2, 0.25) is 0 Å². The highest BCUT2D eigenvalue weighted by atomic mass is 16.3. The number of likely N-dealkylation sites (tertiary alicyclic amines) is 1. The van der Waals surface area contributed by atoms with Crippen LogP contribution in [-0.2, 0) is 0 Å². The van der Waals surface area contributed by atoms with Gasteiger partial charge in [-0.1, -0.05) is 20.3 Å². The molecule has 0 aromatic rings. The summed E-state index contributed by atoms with van der Waals surface area (Å²) < 4.78 is 0. The fraction of sp³-hybridized carbons (Fsp3) is 1.00. The Bertz CT molecular complexity index is 163. The van der Waals surface area contributed by atoms with E-state index in [1.54, 1.807) is 0 Å². The van der Waals surface area contributed by atoms with Crippen molar-refractivity contribution in [2.24, 2.45) is 17.6 Å². The molecule has 1 saturated heterocycles. The lowest BCUT2D eigenvalue weighted by Gasteiger charge is -2.40. The zero-order valence-corrected chi connectivity index (χ0v) is 10.2. The van der Waals surface area contributed by atoms with Gasteiger partial charge in [0.15, 0.2) is 0 Å². The van der Waals surface area contributed by atoms with Crippen molar-refractivity contribution in [3.8, 4) is 0 Å². The predicted octanol–water partition coefficient (Wildman–Crippen LogP) is 1.06. The van der Waals surface area contributed by atoms with Crippen molar-refractivity contribution in [1.82, 2.24) is 4.90 Å². The van der Waals surface area contributed by atoms with Crippen molar-refractivity contribution in [3.63, 3.8) is 0 Å². The summed E-state index contributed by atoms with van der Waals surface area (Å²) in [5.41, 5.74) is 5.74. The van der Waals surface area contributed by atoms with Crippen LogP contribution in [0.15, 0.2) is 0 Å². The smallest absolute Gasteiger partial charge is 0.0486 e. The first-order valence-electron chi connectivity index (χ1n) is 6.25. The van der Waals surface area contributed by atoms with Gasteiger partial charge in [-0.05, 0) is 38.4 Å². The Labute approximate surface area is 93.6 Å². The third-order valence-corrected chi connectivity index (χ3v) is 3.52. The van der Waals surface area contributed by atoms with Gasteiger partial charge in [0.25, 0.3) is 0 Å². The molecule has 0 aromatic carbocycles. The highest BCUT2D eigenvalue weighted by molar-refractivity contribution is 4.84. The van der Waals surface area contributed by atoms with Crippen molar-refractivity contribution in [2.45, 2.75) is 39.2 Å². The van der Waals surface area contributed by atoms with E-state index in [1.807, 2.05) is 0 Å². The summed E-state index contributed by atoms with van der Waals surface area (Å²) in [6.07, 6.45) is 3.95. The van der Waals surface area contributed by atoms with E-state index in [9.17, 15) is 5.11 Å². The van der Waals surface area contributed by atoms with Gasteiger partial charge < -0.3 is 10.8 Å². The molecule has 0 bridgehead atoms. The van der Waals surface area contributed by atoms with Crippen LogP contribution in [0, 0.1) is 11.8 Å². The van der Waals surface area contributed by atoms with E-state index in [0.29, 0.717) is 18.5 Å². The van der Waals surface area contributed by atoms with E-state index >= 15 is 0 Å². The summed E-state index contributed by atoms with van der Waals surface area (Å²) in [7, 11) is 0. The number of hydrogen-bond acceptors (Lipinski definition) is 3. The zero-order valence-electron chi connectivity index (χ0n) is 10.2. The summed E-state index contributed by atoms with van der Waals surface area (Å²) in [6.45, 7) is 7.64. The highest BCUT2D eigenvalue weighted by Gasteiger charge is 2.29. The Balaban J connectivity index is 2.62. The van der Waals surface area contributed by atoms with E-state index in [2.05, 4.69) is 18.7 Å². The average Bonchev–Trinajstić information content (AvgIpc) is 2.26. The number of piperidine rings is 1. The van der Waals surface area contributed by atoms with E-state index in [1.165, 1.54) is 32.4 Å². The minimum absolute atomic E-state index is 0.218. The molecule has 0 unspecified atom stereocenters. The molecule has 0 aliphatic carbocycles. The SMILES string of the molecule is CC(C)[C@H]([C@@H](CN)CO)N1CCCCC1. The maximum absolute atomic E-state index is 9.37. The number of aliphatic hydroxyl groups is 1. The van der Waals surface area contributed by atoms with E-state index in [4.69, 9.17) is 5.73 Å². The fourth-order valence-corrected chi connectivity index (χ4v) is 2.80. The second kappa shape index (κ2) is 6.46. The maximum atomic E-state index is 9.37. The third-order valence-electron chi connectivity index (χ3n) is 3.52. The van der Waals surface area contributed by atoms with E-state index in [0.717, 1.165) is 0 Å². The molecule has 0 saturated carbocycles. The summed E-state index contributed by atoms with van der Waals surface area (Å²) in [5, 5.41) is 9.37. The molecule has 90 valence electrons. The molecule has 0 aromatic heterocycles. The van der Waals surface area contributed by atoms with Crippen LogP contribution in [0.3, 0.4) is 0 Å². The van der Waals surface area contributed by atoms with Crippen LogP contribution >= 0.6 is 0 Å². The topological polar surface area (TPSA) is 49.5 Å². The van der Waals surface area contributed by atoms with Crippen LogP contribution < -0.4 is 5.73 Å². The predicted molar refractivity (Wildman–Crippen MR) is 63.7 cm³/mol. The van der Waals surface area contributed by atoms with Gasteiger partial charge in [-0.25, -0.2) is 0 Å². The molecule has 1 aliphatic heterocycles. The fourth-order valence-electron chi connectivity index (χ4n) is 2.80. The number of nitrogens with two attached hydrogens (primary N) is 1. The standard InChI is InChI=1S/C12H26N2O/c1-10(2)12(11(8-13)9-15)14-6-4-3-5-7-14/h10-12,15H,3-9,13H2,1-2H3/t11-,12+/m0/s1. The maximum Gasteiger partial charge on any atom is 0.0486 e. The summed E-state index contributed by atoms with van der Waals surface area (Å²) in [6, 6.07) is 0.459. The first kappa shape index (κ1) is 12.9. The van der Waals surface area contributed by atoms with Gasteiger partial charge in [-0.15, -0.1) is 0 Å². The Kier molecular flexibility index (Phi) is 5.58. The minimum Gasteiger partial charge on any atom is -0.396 e. The van der Waals surface area contributed by atoms with Gasteiger partial charge in [0.1, 0.15) is 0 Å². The molecule has 2 atom stereocenters. The van der Waals surface area contributed by atoms with Crippen molar-refractivity contribution in [3.05, 3.63) is 0 Å². The van der Waals surface area contributed by atoms with Crippen LogP contribution in [-0.4, -0.2) is 42.3 Å². The van der Waals surface area contributed by atoms with E-state index < -0.39 is 0 Å². The molecular weight excluding hydrogens is 188 g/mol. The van der Waals surface area contributed by atoms with Crippen LogP contribution in [0.1, 0.15) is 33.1 Å². The van der Waals surface area contributed by atoms with Gasteiger partial charge in [0, 0.05) is 18.6 Å². The Morgan fingerprint density at radius 2 is 1.80 bits per heavy atom. The molecular formula is C12H26N2O. The first-order chi connectivity index (χ1) is 7.20. The highest BCUT2D eigenvalue weighted by Crippen LogP contribution is 2.23. The van der Waals surface area contributed by atoms with Gasteiger partial charge >= 0.3 is 0 Å². The van der Waals surface area contributed by atoms with Crippen molar-refractivity contribution >= 4 is 0 Å². The Morgan fingerprint density at radius 1 is 1.20 bits per heavy atom. The molecule has 3 heteroatoms. The zero-order chi connectivity index (χ0) is 11.3. The molecule has 3 N–H and O–H groups in total. The summed E-state index contributed by atoms with van der Waals surface area (Å²) in [4.78, 5) is 2.53. The molecule has 0 spiro atoms. The lowest BCUT2D eigenvalue weighted by Crippen LogP contribution is -2.49. The Hall–Kier alpha value is -0.120. The molecule has 0 radical (unpaired) electrons. The van der Waals surface area contributed by atoms with Crippen molar-refractivity contribution in [2.75, 3.05) is 26.2 Å². The lowest BCUT2D eigenvalue weighted by atomic mass is 9.88. The molecule has 0 amide bonds. The van der Waals surface area contributed by atoms with Crippen molar-refractivity contribution in [1.29, 1.82) is 0 Å². The molecule has 3 nitrogen and oxygen atoms in total. The summed E-state index contributed by atoms with van der Waals surface area (Å²) in [5.74, 6) is 0.812. The van der Waals surface area contributed by atoms with Crippen LogP contribution in [0.25, 0.3) is 0 Å². The number of nitrogens with zero attached hydrogens (tertiary/aromatic N) is 1. The van der Waals surface area contributed by atoms with Crippen LogP contribution in [0.4, 0.5) is 0 Å². The third kappa shape index (κ3) is 3.44. The molecule has 1 heterocycles. The minimum atomic E-state index is 0.218. The number of rotatable bonds is 5. The van der Waals surface area contributed by atoms with Crippen molar-refractivity contribution < 1.29 is 5.11 Å².